The number of amides is 1. The molecule has 0 aliphatic carbocycles. The van der Waals surface area contributed by atoms with Crippen LogP contribution in [0.25, 0.3) is 0 Å². The minimum absolute atomic E-state index is 0.325. The van der Waals surface area contributed by atoms with E-state index in [9.17, 15) is 26.4 Å². The van der Waals surface area contributed by atoms with Gasteiger partial charge in [0.05, 0.1) is 11.3 Å². The monoisotopic (exact) mass is 363 g/mol. The van der Waals surface area contributed by atoms with Crippen LogP contribution in [-0.4, -0.2) is 38.1 Å². The van der Waals surface area contributed by atoms with Crippen molar-refractivity contribution in [2.75, 3.05) is 18.8 Å². The fourth-order valence-electron chi connectivity index (χ4n) is 2.81. The number of nitrogens with zero attached hydrogens (tertiary/aromatic N) is 1. The molecule has 24 heavy (non-hydrogen) atoms. The van der Waals surface area contributed by atoms with Gasteiger partial charge < -0.3 is 4.90 Å². The second kappa shape index (κ2) is 7.55. The van der Waals surface area contributed by atoms with E-state index < -0.39 is 39.0 Å². The van der Waals surface area contributed by atoms with E-state index >= 15 is 0 Å². The Bertz CT molecular complexity index is 678. The van der Waals surface area contributed by atoms with Crippen LogP contribution in [0.1, 0.15) is 36.8 Å². The predicted octanol–water partition coefficient (Wildman–Crippen LogP) is 3.02. The fraction of sp³-hybridized carbons (Fsp3) is 0.562. The summed E-state index contributed by atoms with van der Waals surface area (Å²) in [5, 5.41) is 0. The highest BCUT2D eigenvalue weighted by Crippen LogP contribution is 2.32. The highest BCUT2D eigenvalue weighted by molar-refractivity contribution is 7.91. The van der Waals surface area contributed by atoms with Crippen molar-refractivity contribution in [3.63, 3.8) is 0 Å². The Labute approximate surface area is 139 Å². The summed E-state index contributed by atoms with van der Waals surface area (Å²) in [7, 11) is -3.97. The van der Waals surface area contributed by atoms with E-state index in [1.807, 2.05) is 0 Å². The number of likely N-dealkylation sites (tertiary alicyclic amines) is 1. The Balaban J connectivity index is 2.10. The van der Waals surface area contributed by atoms with Crippen LogP contribution >= 0.6 is 0 Å². The lowest BCUT2D eigenvalue weighted by molar-refractivity contribution is -0.138. The lowest BCUT2D eigenvalue weighted by atomic mass is 10.1. The summed E-state index contributed by atoms with van der Waals surface area (Å²) in [5.41, 5.74) is -1.30. The molecule has 1 aliphatic heterocycles. The Morgan fingerprint density at radius 3 is 2.21 bits per heavy atom. The lowest BCUT2D eigenvalue weighted by Gasteiger charge is -2.20. The smallest absolute Gasteiger partial charge is 0.342 e. The standard InChI is InChI=1S/C16H20F3NO3S/c17-16(18,19)14-8-4-3-7-13(14)11-24(22,23)12-15(21)20-9-5-1-2-6-10-20/h3-4,7-8H,1-2,5-6,9-12H2. The first kappa shape index (κ1) is 18.8. The molecule has 2 rings (SSSR count). The van der Waals surface area contributed by atoms with Crippen molar-refractivity contribution in [3.05, 3.63) is 35.4 Å². The van der Waals surface area contributed by atoms with Gasteiger partial charge in [0, 0.05) is 13.1 Å². The van der Waals surface area contributed by atoms with Gasteiger partial charge in [-0.1, -0.05) is 31.0 Å². The molecule has 1 heterocycles. The van der Waals surface area contributed by atoms with E-state index in [-0.39, 0.29) is 5.56 Å². The second-order valence-corrected chi connectivity index (χ2v) is 8.05. The molecule has 8 heteroatoms. The minimum Gasteiger partial charge on any atom is -0.342 e. The van der Waals surface area contributed by atoms with Crippen LogP contribution in [0.15, 0.2) is 24.3 Å². The molecule has 0 spiro atoms. The van der Waals surface area contributed by atoms with E-state index in [1.54, 1.807) is 0 Å². The molecule has 0 radical (unpaired) electrons. The van der Waals surface area contributed by atoms with E-state index in [0.717, 1.165) is 37.8 Å². The van der Waals surface area contributed by atoms with Crippen LogP contribution in [0, 0.1) is 0 Å². The van der Waals surface area contributed by atoms with Gasteiger partial charge >= 0.3 is 6.18 Å². The molecule has 1 amide bonds. The summed E-state index contributed by atoms with van der Waals surface area (Å²) in [6, 6.07) is 4.55. The number of rotatable bonds is 4. The van der Waals surface area contributed by atoms with Crippen LogP contribution in [0.5, 0.6) is 0 Å². The second-order valence-electron chi connectivity index (χ2n) is 5.98. The van der Waals surface area contributed by atoms with Crippen molar-refractivity contribution >= 4 is 15.7 Å². The van der Waals surface area contributed by atoms with Crippen LogP contribution in [0.4, 0.5) is 13.2 Å². The van der Waals surface area contributed by atoms with Crippen molar-refractivity contribution in [1.82, 2.24) is 4.90 Å². The molecular formula is C16H20F3NO3S. The van der Waals surface area contributed by atoms with Gasteiger partial charge in [-0.25, -0.2) is 8.42 Å². The topological polar surface area (TPSA) is 54.5 Å². The molecule has 4 nitrogen and oxygen atoms in total. The molecule has 1 saturated heterocycles. The van der Waals surface area contributed by atoms with Crippen molar-refractivity contribution in [2.24, 2.45) is 0 Å². The molecule has 1 aliphatic rings. The van der Waals surface area contributed by atoms with Crippen molar-refractivity contribution in [2.45, 2.75) is 37.6 Å². The van der Waals surface area contributed by atoms with Crippen molar-refractivity contribution in [1.29, 1.82) is 0 Å². The molecule has 1 fully saturated rings. The molecule has 134 valence electrons. The van der Waals surface area contributed by atoms with Crippen molar-refractivity contribution < 1.29 is 26.4 Å². The number of benzene rings is 1. The Hall–Kier alpha value is -1.57. The van der Waals surface area contributed by atoms with Gasteiger partial charge in [0.1, 0.15) is 5.75 Å². The Kier molecular flexibility index (Phi) is 5.90. The van der Waals surface area contributed by atoms with Gasteiger partial charge in [-0.3, -0.25) is 4.79 Å². The van der Waals surface area contributed by atoms with Crippen LogP contribution in [0.3, 0.4) is 0 Å². The Morgan fingerprint density at radius 1 is 1.04 bits per heavy atom. The number of carbonyl (C=O) groups is 1. The molecule has 0 aromatic heterocycles. The molecule has 0 atom stereocenters. The summed E-state index contributed by atoms with van der Waals surface area (Å²) in [6.45, 7) is 1.01. The predicted molar refractivity (Wildman–Crippen MR) is 84.0 cm³/mol. The normalized spacial score (nSPS) is 16.7. The molecule has 0 unspecified atom stereocenters. The number of halogens is 3. The fourth-order valence-corrected chi connectivity index (χ4v) is 4.20. The van der Waals surface area contributed by atoms with Crippen molar-refractivity contribution in [3.8, 4) is 0 Å². The van der Waals surface area contributed by atoms with Gasteiger partial charge in [-0.15, -0.1) is 0 Å². The zero-order valence-corrected chi connectivity index (χ0v) is 14.0. The van der Waals surface area contributed by atoms with E-state index in [4.69, 9.17) is 0 Å². The molecule has 1 aromatic rings. The molecule has 1 aromatic carbocycles. The maximum atomic E-state index is 13.0. The van der Waals surface area contributed by atoms with Crippen LogP contribution in [0.2, 0.25) is 0 Å². The highest BCUT2D eigenvalue weighted by atomic mass is 32.2. The van der Waals surface area contributed by atoms with Gasteiger partial charge in [-0.2, -0.15) is 13.2 Å². The third-order valence-electron chi connectivity index (χ3n) is 4.00. The minimum atomic E-state index is -4.62. The summed E-state index contributed by atoms with van der Waals surface area (Å²) in [6.07, 6.45) is -0.989. The quantitative estimate of drug-likeness (QED) is 0.826. The van der Waals surface area contributed by atoms with E-state index in [1.165, 1.54) is 17.0 Å². The van der Waals surface area contributed by atoms with Gasteiger partial charge in [-0.05, 0) is 24.5 Å². The maximum Gasteiger partial charge on any atom is 0.416 e. The summed E-state index contributed by atoms with van der Waals surface area (Å²) in [4.78, 5) is 13.7. The average molecular weight is 363 g/mol. The molecule has 0 N–H and O–H groups in total. The third-order valence-corrected chi connectivity index (χ3v) is 5.44. The zero-order chi connectivity index (χ0) is 17.8. The number of hydrogen-bond acceptors (Lipinski definition) is 3. The van der Waals surface area contributed by atoms with E-state index in [2.05, 4.69) is 0 Å². The summed E-state index contributed by atoms with van der Waals surface area (Å²) in [5.74, 6) is -2.07. The van der Waals surface area contributed by atoms with Crippen LogP contribution < -0.4 is 0 Å². The number of hydrogen-bond donors (Lipinski definition) is 0. The lowest BCUT2D eigenvalue weighted by Crippen LogP contribution is -2.36. The van der Waals surface area contributed by atoms with Gasteiger partial charge in [0.2, 0.25) is 5.91 Å². The average Bonchev–Trinajstić information content (AvgIpc) is 2.74. The first-order valence-electron chi connectivity index (χ1n) is 7.82. The summed E-state index contributed by atoms with van der Waals surface area (Å²) < 4.78 is 63.3. The molecule has 0 saturated carbocycles. The summed E-state index contributed by atoms with van der Waals surface area (Å²) >= 11 is 0. The molecular weight excluding hydrogens is 343 g/mol. The van der Waals surface area contributed by atoms with Gasteiger partial charge in [0.15, 0.2) is 9.84 Å². The zero-order valence-electron chi connectivity index (χ0n) is 13.2. The highest BCUT2D eigenvalue weighted by Gasteiger charge is 2.34. The number of alkyl halides is 3. The number of carbonyl (C=O) groups excluding carboxylic acids is 1. The first-order valence-corrected chi connectivity index (χ1v) is 9.64. The van der Waals surface area contributed by atoms with Gasteiger partial charge in [0.25, 0.3) is 0 Å². The maximum absolute atomic E-state index is 13.0. The Morgan fingerprint density at radius 2 is 1.62 bits per heavy atom. The van der Waals surface area contributed by atoms with Crippen LogP contribution in [-0.2, 0) is 26.6 Å². The molecule has 0 bridgehead atoms. The third kappa shape index (κ3) is 5.22. The van der Waals surface area contributed by atoms with E-state index in [0.29, 0.717) is 13.1 Å². The SMILES string of the molecule is O=C(CS(=O)(=O)Cc1ccccc1C(F)(F)F)N1CCCCCC1. The largest absolute Gasteiger partial charge is 0.416 e. The first-order chi connectivity index (χ1) is 11.2. The number of sulfone groups is 1.